The van der Waals surface area contributed by atoms with Crippen LogP contribution in [0.3, 0.4) is 0 Å². The number of hydrogen-bond acceptors (Lipinski definition) is 2. The molecule has 0 spiro atoms. The van der Waals surface area contributed by atoms with Gasteiger partial charge in [-0.2, -0.15) is 5.10 Å². The predicted molar refractivity (Wildman–Crippen MR) is 68.1 cm³/mol. The molecule has 0 aliphatic carbocycles. The SMILES string of the molecule is CCn1ncc(Cl)c1C(O)c1cc(C)c(F)cc1F. The van der Waals surface area contributed by atoms with Crippen LogP contribution in [0.15, 0.2) is 18.3 Å². The second kappa shape index (κ2) is 5.27. The Kier molecular flexibility index (Phi) is 3.87. The van der Waals surface area contributed by atoms with Crippen molar-refractivity contribution in [1.82, 2.24) is 9.78 Å². The summed E-state index contributed by atoms with van der Waals surface area (Å²) in [4.78, 5) is 0. The number of nitrogens with zero attached hydrogens (tertiary/aromatic N) is 2. The molecule has 19 heavy (non-hydrogen) atoms. The van der Waals surface area contributed by atoms with Crippen LogP contribution in [0.5, 0.6) is 0 Å². The van der Waals surface area contributed by atoms with E-state index in [9.17, 15) is 13.9 Å². The third-order valence-corrected chi connectivity index (χ3v) is 3.26. The van der Waals surface area contributed by atoms with Gasteiger partial charge in [0.15, 0.2) is 0 Å². The molecule has 2 rings (SSSR count). The average Bonchev–Trinajstić information content (AvgIpc) is 2.74. The molecule has 1 N–H and O–H groups in total. The molecule has 0 fully saturated rings. The van der Waals surface area contributed by atoms with Crippen LogP contribution in [-0.4, -0.2) is 14.9 Å². The summed E-state index contributed by atoms with van der Waals surface area (Å²) in [7, 11) is 0. The van der Waals surface area contributed by atoms with Crippen LogP contribution in [-0.2, 0) is 6.54 Å². The zero-order valence-corrected chi connectivity index (χ0v) is 11.2. The number of halogens is 3. The van der Waals surface area contributed by atoms with Crippen molar-refractivity contribution in [3.63, 3.8) is 0 Å². The molecule has 6 heteroatoms. The van der Waals surface area contributed by atoms with Crippen molar-refractivity contribution in [1.29, 1.82) is 0 Å². The van der Waals surface area contributed by atoms with Crippen molar-refractivity contribution >= 4 is 11.6 Å². The summed E-state index contributed by atoms with van der Waals surface area (Å²) in [6, 6.07) is 2.03. The lowest BCUT2D eigenvalue weighted by molar-refractivity contribution is 0.202. The van der Waals surface area contributed by atoms with Gasteiger partial charge in [0.2, 0.25) is 0 Å². The van der Waals surface area contributed by atoms with Gasteiger partial charge in [0.25, 0.3) is 0 Å². The maximum absolute atomic E-state index is 13.8. The third kappa shape index (κ3) is 2.48. The number of rotatable bonds is 3. The molecule has 0 radical (unpaired) electrons. The number of hydrogen-bond donors (Lipinski definition) is 1. The molecule has 0 aliphatic heterocycles. The van der Waals surface area contributed by atoms with Gasteiger partial charge in [0.1, 0.15) is 17.7 Å². The van der Waals surface area contributed by atoms with Crippen molar-refractivity contribution in [3.05, 3.63) is 51.8 Å². The van der Waals surface area contributed by atoms with E-state index in [2.05, 4.69) is 5.10 Å². The molecule has 102 valence electrons. The van der Waals surface area contributed by atoms with Gasteiger partial charge < -0.3 is 5.11 Å². The highest BCUT2D eigenvalue weighted by atomic mass is 35.5. The second-order valence-corrected chi connectivity index (χ2v) is 4.63. The number of aromatic nitrogens is 2. The molecule has 0 saturated heterocycles. The summed E-state index contributed by atoms with van der Waals surface area (Å²) in [6.45, 7) is 3.82. The first-order chi connectivity index (χ1) is 8.95. The first-order valence-electron chi connectivity index (χ1n) is 5.80. The molecule has 1 aromatic carbocycles. The fourth-order valence-electron chi connectivity index (χ4n) is 1.93. The number of aryl methyl sites for hydroxylation is 2. The molecule has 1 unspecified atom stereocenters. The number of aliphatic hydroxyl groups is 1. The minimum absolute atomic E-state index is 0.0176. The summed E-state index contributed by atoms with van der Waals surface area (Å²) in [5, 5.41) is 14.5. The third-order valence-electron chi connectivity index (χ3n) is 2.96. The Balaban J connectivity index is 2.52. The number of benzene rings is 1. The monoisotopic (exact) mass is 286 g/mol. The molecule has 0 saturated carbocycles. The average molecular weight is 287 g/mol. The molecule has 0 amide bonds. The van der Waals surface area contributed by atoms with E-state index in [4.69, 9.17) is 11.6 Å². The van der Waals surface area contributed by atoms with Gasteiger partial charge in [0, 0.05) is 18.2 Å². The standard InChI is InChI=1S/C13H13ClF2N2O/c1-3-18-12(9(14)6-17-18)13(19)8-4-7(2)10(15)5-11(8)16/h4-6,13,19H,3H2,1-2H3. The van der Waals surface area contributed by atoms with E-state index in [0.717, 1.165) is 6.07 Å². The number of aliphatic hydroxyl groups excluding tert-OH is 1. The van der Waals surface area contributed by atoms with Gasteiger partial charge in [-0.15, -0.1) is 0 Å². The van der Waals surface area contributed by atoms with E-state index in [1.54, 1.807) is 0 Å². The van der Waals surface area contributed by atoms with Gasteiger partial charge >= 0.3 is 0 Å². The molecule has 1 aromatic heterocycles. The highest BCUT2D eigenvalue weighted by molar-refractivity contribution is 6.31. The first-order valence-corrected chi connectivity index (χ1v) is 6.18. The summed E-state index contributed by atoms with van der Waals surface area (Å²) < 4.78 is 28.5. The maximum atomic E-state index is 13.8. The van der Waals surface area contributed by atoms with Crippen molar-refractivity contribution in [3.8, 4) is 0 Å². The van der Waals surface area contributed by atoms with Crippen LogP contribution in [0, 0.1) is 18.6 Å². The zero-order valence-electron chi connectivity index (χ0n) is 10.5. The normalized spacial score (nSPS) is 12.7. The Morgan fingerprint density at radius 1 is 1.37 bits per heavy atom. The van der Waals surface area contributed by atoms with E-state index >= 15 is 0 Å². The summed E-state index contributed by atoms with van der Waals surface area (Å²) >= 11 is 5.95. The first kappa shape index (κ1) is 14.0. The Labute approximate surface area is 114 Å². The predicted octanol–water partition coefficient (Wildman–Crippen LogP) is 3.22. The van der Waals surface area contributed by atoms with Gasteiger partial charge in [-0.3, -0.25) is 4.68 Å². The fraction of sp³-hybridized carbons (Fsp3) is 0.308. The van der Waals surface area contributed by atoms with E-state index in [1.165, 1.54) is 23.9 Å². The fourth-order valence-corrected chi connectivity index (χ4v) is 2.18. The van der Waals surface area contributed by atoms with Crippen LogP contribution in [0.25, 0.3) is 0 Å². The van der Waals surface area contributed by atoms with E-state index in [0.29, 0.717) is 12.2 Å². The topological polar surface area (TPSA) is 38.0 Å². The Bertz CT molecular complexity index is 613. The van der Waals surface area contributed by atoms with Gasteiger partial charge in [0.05, 0.1) is 16.9 Å². The lowest BCUT2D eigenvalue weighted by Gasteiger charge is -2.15. The molecule has 0 aliphatic rings. The Hall–Kier alpha value is -1.46. The molecule has 2 aromatic rings. The van der Waals surface area contributed by atoms with Gasteiger partial charge in [-0.25, -0.2) is 8.78 Å². The van der Waals surface area contributed by atoms with Gasteiger partial charge in [-0.05, 0) is 25.5 Å². The van der Waals surface area contributed by atoms with E-state index in [-0.39, 0.29) is 16.1 Å². The minimum Gasteiger partial charge on any atom is -0.382 e. The summed E-state index contributed by atoms with van der Waals surface area (Å²) in [5.74, 6) is -1.46. The van der Waals surface area contributed by atoms with Crippen LogP contribution in [0.1, 0.15) is 29.8 Å². The largest absolute Gasteiger partial charge is 0.382 e. The molecule has 1 heterocycles. The van der Waals surface area contributed by atoms with E-state index < -0.39 is 17.7 Å². The highest BCUT2D eigenvalue weighted by Crippen LogP contribution is 2.30. The quantitative estimate of drug-likeness (QED) is 0.941. The highest BCUT2D eigenvalue weighted by Gasteiger charge is 2.23. The van der Waals surface area contributed by atoms with Crippen LogP contribution in [0.4, 0.5) is 8.78 Å². The van der Waals surface area contributed by atoms with Crippen LogP contribution < -0.4 is 0 Å². The van der Waals surface area contributed by atoms with Crippen LogP contribution >= 0.6 is 11.6 Å². The Morgan fingerprint density at radius 3 is 2.68 bits per heavy atom. The van der Waals surface area contributed by atoms with Gasteiger partial charge in [-0.1, -0.05) is 11.6 Å². The summed E-state index contributed by atoms with van der Waals surface area (Å²) in [6.07, 6.45) is 0.104. The molecular weight excluding hydrogens is 274 g/mol. The molecule has 1 atom stereocenters. The molecular formula is C13H13ClF2N2O. The maximum Gasteiger partial charge on any atom is 0.132 e. The second-order valence-electron chi connectivity index (χ2n) is 4.22. The molecule has 3 nitrogen and oxygen atoms in total. The van der Waals surface area contributed by atoms with E-state index in [1.807, 2.05) is 6.92 Å². The molecule has 0 bridgehead atoms. The lowest BCUT2D eigenvalue weighted by Crippen LogP contribution is -2.11. The van der Waals surface area contributed by atoms with Crippen molar-refractivity contribution < 1.29 is 13.9 Å². The summed E-state index contributed by atoms with van der Waals surface area (Å²) in [5.41, 5.74) is 0.541. The minimum atomic E-state index is -1.28. The smallest absolute Gasteiger partial charge is 0.132 e. The lowest BCUT2D eigenvalue weighted by atomic mass is 10.0. The van der Waals surface area contributed by atoms with Crippen molar-refractivity contribution in [2.75, 3.05) is 0 Å². The van der Waals surface area contributed by atoms with Crippen molar-refractivity contribution in [2.24, 2.45) is 0 Å². The van der Waals surface area contributed by atoms with Crippen molar-refractivity contribution in [2.45, 2.75) is 26.5 Å². The Morgan fingerprint density at radius 2 is 2.05 bits per heavy atom. The zero-order chi connectivity index (χ0) is 14.2. The van der Waals surface area contributed by atoms with Crippen LogP contribution in [0.2, 0.25) is 5.02 Å².